The van der Waals surface area contributed by atoms with Crippen LogP contribution in [0.1, 0.15) is 34.6 Å². The molecule has 0 N–H and O–H groups in total. The Balaban J connectivity index is 2.35. The summed E-state index contributed by atoms with van der Waals surface area (Å²) < 4.78 is 11.1. The van der Waals surface area contributed by atoms with Gasteiger partial charge in [0.25, 0.3) is 0 Å². The van der Waals surface area contributed by atoms with Gasteiger partial charge in [-0.3, -0.25) is 4.79 Å². The van der Waals surface area contributed by atoms with Crippen LogP contribution in [0.2, 0.25) is 0 Å². The summed E-state index contributed by atoms with van der Waals surface area (Å²) in [6, 6.07) is 7.20. The fraction of sp³-hybridized carbons (Fsp3) is 0.312. The highest BCUT2D eigenvalue weighted by Crippen LogP contribution is 2.30. The SMILES string of the molecule is CCOc1ccc(C(=O)c2ccsc2C)cc1OCC. The Morgan fingerprint density at radius 2 is 1.80 bits per heavy atom. The van der Waals surface area contributed by atoms with Gasteiger partial charge in [0.2, 0.25) is 0 Å². The summed E-state index contributed by atoms with van der Waals surface area (Å²) in [6.07, 6.45) is 0. The Kier molecular flexibility index (Phi) is 4.79. The zero-order chi connectivity index (χ0) is 14.5. The van der Waals surface area contributed by atoms with Gasteiger partial charge in [0.15, 0.2) is 17.3 Å². The smallest absolute Gasteiger partial charge is 0.194 e. The van der Waals surface area contributed by atoms with Crippen LogP contribution in [0.5, 0.6) is 11.5 Å². The molecule has 0 saturated heterocycles. The third-order valence-corrected chi connectivity index (χ3v) is 3.75. The van der Waals surface area contributed by atoms with Crippen molar-refractivity contribution in [3.63, 3.8) is 0 Å². The van der Waals surface area contributed by atoms with Gasteiger partial charge in [-0.05, 0) is 50.4 Å². The molecular weight excluding hydrogens is 272 g/mol. The molecule has 0 spiro atoms. The quantitative estimate of drug-likeness (QED) is 0.752. The lowest BCUT2D eigenvalue weighted by molar-refractivity contribution is 0.103. The van der Waals surface area contributed by atoms with Crippen LogP contribution in [-0.2, 0) is 0 Å². The van der Waals surface area contributed by atoms with Crippen LogP contribution in [-0.4, -0.2) is 19.0 Å². The molecule has 0 aliphatic rings. The minimum absolute atomic E-state index is 0.0211. The van der Waals surface area contributed by atoms with E-state index in [4.69, 9.17) is 9.47 Å². The molecule has 106 valence electrons. The van der Waals surface area contributed by atoms with Crippen molar-refractivity contribution in [2.24, 2.45) is 0 Å². The third kappa shape index (κ3) is 3.02. The van der Waals surface area contributed by atoms with E-state index < -0.39 is 0 Å². The van der Waals surface area contributed by atoms with Crippen LogP contribution in [0, 0.1) is 6.92 Å². The summed E-state index contributed by atoms with van der Waals surface area (Å²) in [5.74, 6) is 1.31. The molecule has 1 heterocycles. The molecule has 0 aliphatic carbocycles. The number of hydrogen-bond acceptors (Lipinski definition) is 4. The summed E-state index contributed by atoms with van der Waals surface area (Å²) in [5, 5.41) is 1.93. The molecule has 3 nitrogen and oxygen atoms in total. The van der Waals surface area contributed by atoms with Crippen molar-refractivity contribution < 1.29 is 14.3 Å². The van der Waals surface area contributed by atoms with Crippen LogP contribution < -0.4 is 9.47 Å². The van der Waals surface area contributed by atoms with E-state index in [1.807, 2.05) is 32.2 Å². The van der Waals surface area contributed by atoms with E-state index in [0.29, 0.717) is 30.3 Å². The lowest BCUT2D eigenvalue weighted by Gasteiger charge is -2.12. The highest BCUT2D eigenvalue weighted by molar-refractivity contribution is 7.10. The van der Waals surface area contributed by atoms with Crippen molar-refractivity contribution >= 4 is 17.1 Å². The Bertz CT molecular complexity index is 602. The number of benzene rings is 1. The molecule has 2 aromatic rings. The fourth-order valence-electron chi connectivity index (χ4n) is 1.97. The second kappa shape index (κ2) is 6.57. The molecule has 0 atom stereocenters. The molecule has 0 aliphatic heterocycles. The molecule has 1 aromatic heterocycles. The maximum atomic E-state index is 12.5. The van der Waals surface area contributed by atoms with E-state index in [0.717, 1.165) is 10.4 Å². The van der Waals surface area contributed by atoms with Crippen molar-refractivity contribution in [1.82, 2.24) is 0 Å². The largest absolute Gasteiger partial charge is 0.490 e. The van der Waals surface area contributed by atoms with Gasteiger partial charge >= 0.3 is 0 Å². The molecule has 0 saturated carbocycles. The first kappa shape index (κ1) is 14.6. The molecule has 0 amide bonds. The second-order valence-corrected chi connectivity index (χ2v) is 5.37. The van der Waals surface area contributed by atoms with Gasteiger partial charge in [-0.2, -0.15) is 0 Å². The highest BCUT2D eigenvalue weighted by atomic mass is 32.1. The first-order valence-electron chi connectivity index (χ1n) is 6.65. The monoisotopic (exact) mass is 290 g/mol. The van der Waals surface area contributed by atoms with Crippen LogP contribution in [0.3, 0.4) is 0 Å². The Morgan fingerprint density at radius 1 is 1.10 bits per heavy atom. The standard InChI is InChI=1S/C16H18O3S/c1-4-18-14-7-6-12(10-15(14)19-5-2)16(17)13-8-9-20-11(13)3/h6-10H,4-5H2,1-3H3. The predicted octanol–water partition coefficient (Wildman–Crippen LogP) is 4.08. The zero-order valence-electron chi connectivity index (χ0n) is 11.9. The maximum absolute atomic E-state index is 12.5. The van der Waals surface area contributed by atoms with Gasteiger partial charge in [-0.25, -0.2) is 0 Å². The van der Waals surface area contributed by atoms with Crippen molar-refractivity contribution in [3.05, 3.63) is 45.6 Å². The average Bonchev–Trinajstić information content (AvgIpc) is 2.86. The summed E-state index contributed by atoms with van der Waals surface area (Å²) in [6.45, 7) is 6.89. The maximum Gasteiger partial charge on any atom is 0.194 e. The number of carbonyl (C=O) groups is 1. The van der Waals surface area contributed by atoms with E-state index in [1.165, 1.54) is 0 Å². The lowest BCUT2D eigenvalue weighted by atomic mass is 10.0. The van der Waals surface area contributed by atoms with E-state index in [-0.39, 0.29) is 5.78 Å². The minimum Gasteiger partial charge on any atom is -0.490 e. The molecule has 2 rings (SSSR count). The van der Waals surface area contributed by atoms with Crippen LogP contribution in [0.15, 0.2) is 29.6 Å². The van der Waals surface area contributed by atoms with E-state index >= 15 is 0 Å². The first-order chi connectivity index (χ1) is 9.67. The van der Waals surface area contributed by atoms with E-state index in [1.54, 1.807) is 29.5 Å². The Hall–Kier alpha value is -1.81. The predicted molar refractivity (Wildman–Crippen MR) is 81.3 cm³/mol. The molecule has 0 unspecified atom stereocenters. The first-order valence-corrected chi connectivity index (χ1v) is 7.53. The molecular formula is C16H18O3S. The number of rotatable bonds is 6. The summed E-state index contributed by atoms with van der Waals surface area (Å²) in [4.78, 5) is 13.5. The summed E-state index contributed by atoms with van der Waals surface area (Å²) in [7, 11) is 0. The van der Waals surface area contributed by atoms with Gasteiger partial charge in [0, 0.05) is 16.0 Å². The van der Waals surface area contributed by atoms with Crippen molar-refractivity contribution in [2.45, 2.75) is 20.8 Å². The number of hydrogen-bond donors (Lipinski definition) is 0. The number of thiophene rings is 1. The van der Waals surface area contributed by atoms with Gasteiger partial charge in [-0.1, -0.05) is 0 Å². The van der Waals surface area contributed by atoms with Crippen LogP contribution >= 0.6 is 11.3 Å². The fourth-order valence-corrected chi connectivity index (χ4v) is 2.66. The summed E-state index contributed by atoms with van der Waals surface area (Å²) in [5.41, 5.74) is 1.38. The number of aryl methyl sites for hydroxylation is 1. The molecule has 1 aromatic carbocycles. The molecule has 20 heavy (non-hydrogen) atoms. The molecule has 4 heteroatoms. The third-order valence-electron chi connectivity index (χ3n) is 2.91. The highest BCUT2D eigenvalue weighted by Gasteiger charge is 2.15. The molecule has 0 fully saturated rings. The van der Waals surface area contributed by atoms with Crippen molar-refractivity contribution in [3.8, 4) is 11.5 Å². The number of ether oxygens (including phenoxy) is 2. The van der Waals surface area contributed by atoms with Gasteiger partial charge < -0.3 is 9.47 Å². The Morgan fingerprint density at radius 3 is 2.40 bits per heavy atom. The normalized spacial score (nSPS) is 10.3. The van der Waals surface area contributed by atoms with Crippen molar-refractivity contribution in [2.75, 3.05) is 13.2 Å². The summed E-state index contributed by atoms with van der Waals surface area (Å²) >= 11 is 1.58. The zero-order valence-corrected chi connectivity index (χ0v) is 12.8. The lowest BCUT2D eigenvalue weighted by Crippen LogP contribution is -2.04. The van der Waals surface area contributed by atoms with Crippen LogP contribution in [0.4, 0.5) is 0 Å². The van der Waals surface area contributed by atoms with Gasteiger partial charge in [-0.15, -0.1) is 11.3 Å². The topological polar surface area (TPSA) is 35.5 Å². The number of ketones is 1. The van der Waals surface area contributed by atoms with E-state index in [9.17, 15) is 4.79 Å². The molecule has 0 radical (unpaired) electrons. The molecule has 0 bridgehead atoms. The average molecular weight is 290 g/mol. The second-order valence-electron chi connectivity index (χ2n) is 4.25. The van der Waals surface area contributed by atoms with Gasteiger partial charge in [0.1, 0.15) is 0 Å². The van der Waals surface area contributed by atoms with Gasteiger partial charge in [0.05, 0.1) is 13.2 Å². The number of carbonyl (C=O) groups excluding carboxylic acids is 1. The van der Waals surface area contributed by atoms with E-state index in [2.05, 4.69) is 0 Å². The Labute approximate surface area is 123 Å². The minimum atomic E-state index is 0.0211. The van der Waals surface area contributed by atoms with Crippen molar-refractivity contribution in [1.29, 1.82) is 0 Å². The van der Waals surface area contributed by atoms with Crippen LogP contribution in [0.25, 0.3) is 0 Å².